The number of carbonyl (C=O) groups excluding carboxylic acids is 1. The highest BCUT2D eigenvalue weighted by Gasteiger charge is 2.18. The Labute approximate surface area is 205 Å². The smallest absolute Gasteiger partial charge is 0.284 e. The van der Waals surface area contributed by atoms with Crippen LogP contribution in [0, 0.1) is 0 Å². The van der Waals surface area contributed by atoms with Gasteiger partial charge in [0.1, 0.15) is 11.3 Å². The van der Waals surface area contributed by atoms with Gasteiger partial charge >= 0.3 is 0 Å². The van der Waals surface area contributed by atoms with Crippen LogP contribution in [0.5, 0.6) is 11.6 Å². The normalized spacial score (nSPS) is 11.7. The first-order chi connectivity index (χ1) is 16.7. The van der Waals surface area contributed by atoms with Crippen LogP contribution in [-0.2, 0) is 17.3 Å². The lowest BCUT2D eigenvalue weighted by atomic mass is 9.82. The molecule has 0 spiro atoms. The number of benzene rings is 2. The van der Waals surface area contributed by atoms with Crippen molar-refractivity contribution in [2.75, 3.05) is 18.5 Å². The summed E-state index contributed by atoms with van der Waals surface area (Å²) in [5.74, 6) is 0.182. The van der Waals surface area contributed by atoms with Crippen LogP contribution in [0.4, 0.5) is 5.69 Å². The summed E-state index contributed by atoms with van der Waals surface area (Å²) in [6, 6.07) is 14.6. The van der Waals surface area contributed by atoms with Crippen molar-refractivity contribution in [1.82, 2.24) is 9.36 Å². The van der Waals surface area contributed by atoms with E-state index in [1.54, 1.807) is 31.3 Å². The lowest BCUT2D eigenvalue weighted by Crippen LogP contribution is -2.22. The molecule has 0 radical (unpaired) electrons. The summed E-state index contributed by atoms with van der Waals surface area (Å²) in [6.07, 6.45) is 3.28. The molecule has 0 aliphatic rings. The minimum Gasteiger partial charge on any atom is -0.493 e. The van der Waals surface area contributed by atoms with Crippen LogP contribution in [0.25, 0.3) is 5.69 Å². The van der Waals surface area contributed by atoms with Crippen LogP contribution in [0.15, 0.2) is 58.3 Å². The Kier molecular flexibility index (Phi) is 8.17. The number of nitrogens with zero attached hydrogens (tertiary/aromatic N) is 3. The summed E-state index contributed by atoms with van der Waals surface area (Å²) in [6.45, 7) is 8.98. The first kappa shape index (κ1) is 25.8. The zero-order valence-corrected chi connectivity index (χ0v) is 21.0. The second-order valence-electron chi connectivity index (χ2n) is 9.06. The molecule has 0 saturated carbocycles. The fourth-order valence-electron chi connectivity index (χ4n) is 3.54. The number of carbonyl (C=O) groups is 1. The number of aliphatic imine (C=N–C) groups is 1. The van der Waals surface area contributed by atoms with Crippen LogP contribution < -0.4 is 15.6 Å². The van der Waals surface area contributed by atoms with Crippen LogP contribution in [0.1, 0.15) is 51.7 Å². The molecular weight excluding hydrogens is 444 g/mol. The Morgan fingerprint density at radius 1 is 1.11 bits per heavy atom. The number of ether oxygens (including phenoxy) is 1. The molecule has 186 valence electrons. The Balaban J connectivity index is 1.63. The fourth-order valence-corrected chi connectivity index (χ4v) is 3.54. The van der Waals surface area contributed by atoms with Gasteiger partial charge in [-0.2, -0.15) is 0 Å². The zero-order valence-electron chi connectivity index (χ0n) is 21.0. The topological polar surface area (TPSA) is 97.9 Å². The van der Waals surface area contributed by atoms with Crippen LogP contribution in [0.3, 0.4) is 0 Å². The van der Waals surface area contributed by atoms with Crippen LogP contribution in [0.2, 0.25) is 0 Å². The Bertz CT molecular complexity index is 1240. The van der Waals surface area contributed by atoms with Crippen molar-refractivity contribution in [3.8, 4) is 17.3 Å². The third-order valence-corrected chi connectivity index (χ3v) is 6.13. The molecular formula is C27H34N4O4. The van der Waals surface area contributed by atoms with Gasteiger partial charge in [-0.25, -0.2) is 9.36 Å². The highest BCUT2D eigenvalue weighted by molar-refractivity contribution is 5.92. The quantitative estimate of drug-likeness (QED) is 0.422. The summed E-state index contributed by atoms with van der Waals surface area (Å²) >= 11 is 0. The third-order valence-electron chi connectivity index (χ3n) is 6.13. The molecule has 1 heterocycles. The molecule has 1 amide bonds. The van der Waals surface area contributed by atoms with Crippen LogP contribution >= 0.6 is 0 Å². The molecule has 8 nitrogen and oxygen atoms in total. The van der Waals surface area contributed by atoms with Crippen molar-refractivity contribution >= 4 is 17.8 Å². The molecule has 8 heteroatoms. The number of amides is 1. The number of aromatic nitrogens is 2. The SMILES string of the molecule is CCCN=Cc1c(O)n(C)n(-c2ccc(NC(=O)COc3ccc(C(C)(C)CC)cc3)cc2)c1=O. The van der Waals surface area contributed by atoms with E-state index in [1.165, 1.54) is 21.1 Å². The van der Waals surface area contributed by atoms with Gasteiger partial charge in [-0.05, 0) is 60.2 Å². The van der Waals surface area contributed by atoms with Gasteiger partial charge in [0.05, 0.1) is 5.69 Å². The van der Waals surface area contributed by atoms with E-state index >= 15 is 0 Å². The maximum atomic E-state index is 12.8. The fraction of sp³-hybridized carbons (Fsp3) is 0.370. The molecule has 0 aliphatic carbocycles. The van der Waals surface area contributed by atoms with Gasteiger partial charge < -0.3 is 15.2 Å². The monoisotopic (exact) mass is 478 g/mol. The highest BCUT2D eigenvalue weighted by atomic mass is 16.5. The molecule has 2 N–H and O–H groups in total. The summed E-state index contributed by atoms with van der Waals surface area (Å²) in [7, 11) is 1.59. The largest absolute Gasteiger partial charge is 0.493 e. The molecule has 1 aromatic heterocycles. The van der Waals surface area contributed by atoms with Gasteiger partial charge in [-0.1, -0.05) is 39.8 Å². The minimum absolute atomic E-state index is 0.0928. The molecule has 2 aromatic carbocycles. The van der Waals surface area contributed by atoms with Crippen molar-refractivity contribution in [3.05, 3.63) is 70.0 Å². The second-order valence-corrected chi connectivity index (χ2v) is 9.06. The predicted octanol–water partition coefficient (Wildman–Crippen LogP) is 4.42. The van der Waals surface area contributed by atoms with Gasteiger partial charge in [-0.15, -0.1) is 0 Å². The first-order valence-electron chi connectivity index (χ1n) is 11.8. The Hall–Kier alpha value is -3.81. The third kappa shape index (κ3) is 6.01. The molecule has 3 aromatic rings. The lowest BCUT2D eigenvalue weighted by Gasteiger charge is -2.23. The average molecular weight is 479 g/mol. The van der Waals surface area contributed by atoms with Crippen molar-refractivity contribution < 1.29 is 14.6 Å². The summed E-state index contributed by atoms with van der Waals surface area (Å²) in [5.41, 5.74) is 2.20. The van der Waals surface area contributed by atoms with E-state index in [2.05, 4.69) is 31.1 Å². The van der Waals surface area contributed by atoms with Crippen molar-refractivity contribution in [2.45, 2.75) is 46.0 Å². The van der Waals surface area contributed by atoms with Gasteiger partial charge in [0.2, 0.25) is 5.88 Å². The first-order valence-corrected chi connectivity index (χ1v) is 11.8. The molecule has 0 unspecified atom stereocenters. The van der Waals surface area contributed by atoms with Gasteiger partial charge in [0.25, 0.3) is 11.5 Å². The number of hydrogen-bond acceptors (Lipinski definition) is 5. The molecule has 0 atom stereocenters. The van der Waals surface area contributed by atoms with E-state index < -0.39 is 0 Å². The molecule has 35 heavy (non-hydrogen) atoms. The lowest BCUT2D eigenvalue weighted by molar-refractivity contribution is -0.118. The summed E-state index contributed by atoms with van der Waals surface area (Å²) in [5, 5.41) is 13.1. The maximum absolute atomic E-state index is 12.8. The molecule has 0 saturated heterocycles. The number of nitrogens with one attached hydrogen (secondary N) is 1. The molecule has 0 aliphatic heterocycles. The molecule has 0 bridgehead atoms. The second kappa shape index (κ2) is 11.1. The number of rotatable bonds is 10. The van der Waals surface area contributed by atoms with Crippen molar-refractivity contribution in [3.63, 3.8) is 0 Å². The minimum atomic E-state index is -0.372. The van der Waals surface area contributed by atoms with E-state index in [4.69, 9.17) is 4.74 Å². The standard InChI is InChI=1S/C27H34N4O4/c1-6-16-28-17-23-25(33)30(5)31(26(23)34)21-12-10-20(11-13-21)29-24(32)18-35-22-14-8-19(9-15-22)27(3,4)7-2/h8-15,17,33H,6-7,16,18H2,1-5H3,(H,29,32). The number of aromatic hydroxyl groups is 1. The molecule has 0 fully saturated rings. The van der Waals surface area contributed by atoms with Crippen molar-refractivity contribution in [1.29, 1.82) is 0 Å². The van der Waals surface area contributed by atoms with E-state index in [1.807, 2.05) is 31.2 Å². The van der Waals surface area contributed by atoms with Crippen molar-refractivity contribution in [2.24, 2.45) is 12.0 Å². The summed E-state index contributed by atoms with van der Waals surface area (Å²) in [4.78, 5) is 29.3. The Morgan fingerprint density at radius 3 is 2.37 bits per heavy atom. The van der Waals surface area contributed by atoms with Crippen LogP contribution in [-0.4, -0.2) is 39.7 Å². The van der Waals surface area contributed by atoms with Gasteiger partial charge in [0, 0.05) is 25.5 Å². The van der Waals surface area contributed by atoms with E-state index in [0.717, 1.165) is 12.8 Å². The average Bonchev–Trinajstić information content (AvgIpc) is 3.06. The zero-order chi connectivity index (χ0) is 25.6. The maximum Gasteiger partial charge on any atom is 0.284 e. The molecule has 3 rings (SSSR count). The van der Waals surface area contributed by atoms with E-state index in [9.17, 15) is 14.7 Å². The predicted molar refractivity (Wildman–Crippen MR) is 139 cm³/mol. The number of hydrogen-bond donors (Lipinski definition) is 2. The van der Waals surface area contributed by atoms with E-state index in [0.29, 0.717) is 23.7 Å². The van der Waals surface area contributed by atoms with Gasteiger partial charge in [-0.3, -0.25) is 14.6 Å². The van der Waals surface area contributed by atoms with Gasteiger partial charge in [0.15, 0.2) is 6.61 Å². The highest BCUT2D eigenvalue weighted by Crippen LogP contribution is 2.28. The summed E-state index contributed by atoms with van der Waals surface area (Å²) < 4.78 is 8.33. The van der Waals surface area contributed by atoms with E-state index in [-0.39, 0.29) is 34.9 Å². The Morgan fingerprint density at radius 2 is 1.77 bits per heavy atom. The number of anilines is 1.